The minimum absolute atomic E-state index is 0.0847. The van der Waals surface area contributed by atoms with Gasteiger partial charge in [-0.15, -0.1) is 0 Å². The third-order valence-electron chi connectivity index (χ3n) is 8.53. The zero-order chi connectivity index (χ0) is 26.7. The predicted octanol–water partition coefficient (Wildman–Crippen LogP) is 9.16. The van der Waals surface area contributed by atoms with Gasteiger partial charge in [0.25, 0.3) is 0 Å². The zero-order valence-corrected chi connectivity index (χ0v) is 24.0. The van der Waals surface area contributed by atoms with Crippen LogP contribution in [0, 0.1) is 12.3 Å². The fraction of sp³-hybridized carbons (Fsp3) is 0.306. The van der Waals surface area contributed by atoms with Crippen LogP contribution in [-0.2, 0) is 18.9 Å². The number of hydrogen-bond acceptors (Lipinski definition) is 0. The molecule has 0 saturated heterocycles. The van der Waals surface area contributed by atoms with Gasteiger partial charge in [0, 0.05) is 16.8 Å². The number of aryl methyl sites for hydroxylation is 2. The fourth-order valence-electron chi connectivity index (χ4n) is 6.88. The van der Waals surface area contributed by atoms with Crippen LogP contribution >= 0.6 is 0 Å². The van der Waals surface area contributed by atoms with Crippen molar-refractivity contribution in [3.63, 3.8) is 0 Å². The number of aromatic nitrogens is 2. The van der Waals surface area contributed by atoms with Crippen LogP contribution < -0.4 is 4.57 Å². The lowest BCUT2D eigenvalue weighted by Crippen LogP contribution is -2.29. The summed E-state index contributed by atoms with van der Waals surface area (Å²) >= 11 is 0. The van der Waals surface area contributed by atoms with Crippen LogP contribution in [0.2, 0.25) is 0 Å². The van der Waals surface area contributed by atoms with E-state index in [0.717, 1.165) is 6.42 Å². The second-order valence-corrected chi connectivity index (χ2v) is 13.7. The van der Waals surface area contributed by atoms with Crippen LogP contribution in [0.5, 0.6) is 0 Å². The minimum Gasteiger partial charge on any atom is -0.307 e. The van der Waals surface area contributed by atoms with Gasteiger partial charge in [0.15, 0.2) is 6.20 Å². The van der Waals surface area contributed by atoms with Crippen molar-refractivity contribution in [1.29, 1.82) is 0 Å². The molecule has 0 spiro atoms. The Kier molecular flexibility index (Phi) is 4.61. The summed E-state index contributed by atoms with van der Waals surface area (Å²) in [7, 11) is 2.21. The van der Waals surface area contributed by atoms with Gasteiger partial charge in [-0.3, -0.25) is 0 Å². The van der Waals surface area contributed by atoms with Crippen molar-refractivity contribution in [2.45, 2.75) is 60.3 Å². The van der Waals surface area contributed by atoms with Crippen LogP contribution in [0.4, 0.5) is 0 Å². The van der Waals surface area contributed by atoms with Gasteiger partial charge in [-0.25, -0.2) is 4.57 Å². The molecule has 7 rings (SSSR count). The largest absolute Gasteiger partial charge is 0.307 e. The second-order valence-electron chi connectivity index (χ2n) is 13.7. The third kappa shape index (κ3) is 3.16. The lowest BCUT2D eigenvalue weighted by molar-refractivity contribution is -0.643. The molecule has 0 bridgehead atoms. The Hall–Kier alpha value is -3.65. The van der Waals surface area contributed by atoms with Crippen LogP contribution in [0.15, 0.2) is 66.9 Å². The SMILES string of the molecule is Cc1c2ccccc2c2c3cc(C(C)(C)C)ccc3n3c4cc(CC(C)(C)C)cc5cc[n+](C)c(c1c23)c54. The Bertz CT molecular complexity index is 2070. The maximum Gasteiger partial charge on any atom is 0.224 e. The molecule has 0 saturated carbocycles. The Labute approximate surface area is 224 Å². The van der Waals surface area contributed by atoms with E-state index in [9.17, 15) is 0 Å². The second kappa shape index (κ2) is 7.47. The lowest BCUT2D eigenvalue weighted by Gasteiger charge is -2.20. The molecule has 0 unspecified atom stereocenters. The Balaban J connectivity index is 1.85. The molecular formula is C36H37N2+. The summed E-state index contributed by atoms with van der Waals surface area (Å²) in [5, 5.41) is 9.49. The highest BCUT2D eigenvalue weighted by Crippen LogP contribution is 2.45. The van der Waals surface area contributed by atoms with Gasteiger partial charge in [0.2, 0.25) is 5.52 Å². The molecule has 0 atom stereocenters. The van der Waals surface area contributed by atoms with Crippen molar-refractivity contribution < 1.29 is 4.57 Å². The molecule has 2 nitrogen and oxygen atoms in total. The van der Waals surface area contributed by atoms with Gasteiger partial charge < -0.3 is 4.40 Å². The molecule has 0 aliphatic carbocycles. The highest BCUT2D eigenvalue weighted by molar-refractivity contribution is 6.33. The van der Waals surface area contributed by atoms with E-state index in [1.807, 2.05) is 0 Å². The summed E-state index contributed by atoms with van der Waals surface area (Å²) in [6.07, 6.45) is 3.30. The maximum absolute atomic E-state index is 2.59. The molecule has 0 N–H and O–H groups in total. The maximum atomic E-state index is 2.59. The van der Waals surface area contributed by atoms with Crippen LogP contribution in [0.25, 0.3) is 59.8 Å². The molecule has 3 heterocycles. The first-order valence-electron chi connectivity index (χ1n) is 13.9. The molecule has 3 aromatic heterocycles. The number of hydrogen-bond donors (Lipinski definition) is 0. The zero-order valence-electron chi connectivity index (χ0n) is 24.0. The van der Waals surface area contributed by atoms with E-state index >= 15 is 0 Å². The Morgan fingerprint density at radius 2 is 1.47 bits per heavy atom. The molecule has 4 aromatic carbocycles. The average molecular weight is 498 g/mol. The van der Waals surface area contributed by atoms with Crippen molar-refractivity contribution in [2.75, 3.05) is 0 Å². The molecule has 7 aromatic rings. The van der Waals surface area contributed by atoms with Crippen LogP contribution in [0.3, 0.4) is 0 Å². The van der Waals surface area contributed by atoms with E-state index in [1.165, 1.54) is 76.5 Å². The van der Waals surface area contributed by atoms with Crippen molar-refractivity contribution in [2.24, 2.45) is 12.5 Å². The van der Waals surface area contributed by atoms with Gasteiger partial charge in [0.1, 0.15) is 7.05 Å². The molecule has 0 aliphatic heterocycles. The highest BCUT2D eigenvalue weighted by Gasteiger charge is 2.27. The molecule has 2 heteroatoms. The number of nitrogens with zero attached hydrogens (tertiary/aromatic N) is 2. The summed E-state index contributed by atoms with van der Waals surface area (Å²) < 4.78 is 4.93. The summed E-state index contributed by atoms with van der Waals surface area (Å²) in [5.41, 5.74) is 9.76. The summed E-state index contributed by atoms with van der Waals surface area (Å²) in [6.45, 7) is 16.3. The number of benzene rings is 4. The van der Waals surface area contributed by atoms with Crippen molar-refractivity contribution in [3.8, 4) is 0 Å². The minimum atomic E-state index is 0.0847. The van der Waals surface area contributed by atoms with Crippen LogP contribution in [0.1, 0.15) is 58.2 Å². The van der Waals surface area contributed by atoms with E-state index < -0.39 is 0 Å². The molecule has 0 fully saturated rings. The predicted molar refractivity (Wildman–Crippen MR) is 164 cm³/mol. The van der Waals surface area contributed by atoms with Gasteiger partial charge in [0.05, 0.1) is 27.3 Å². The first-order valence-corrected chi connectivity index (χ1v) is 13.9. The quantitative estimate of drug-likeness (QED) is 0.121. The van der Waals surface area contributed by atoms with Crippen molar-refractivity contribution in [1.82, 2.24) is 4.40 Å². The first kappa shape index (κ1) is 23.5. The molecule has 38 heavy (non-hydrogen) atoms. The molecule has 0 radical (unpaired) electrons. The third-order valence-corrected chi connectivity index (χ3v) is 8.53. The normalized spacial score (nSPS) is 13.4. The monoisotopic (exact) mass is 497 g/mol. The van der Waals surface area contributed by atoms with E-state index in [2.05, 4.69) is 131 Å². The summed E-state index contributed by atoms with van der Waals surface area (Å²) in [5.74, 6) is 0. The van der Waals surface area contributed by atoms with Gasteiger partial charge in [-0.1, -0.05) is 77.9 Å². The fourth-order valence-corrected chi connectivity index (χ4v) is 6.88. The van der Waals surface area contributed by atoms with Gasteiger partial charge >= 0.3 is 0 Å². The average Bonchev–Trinajstić information content (AvgIpc) is 3.18. The molecular weight excluding hydrogens is 460 g/mol. The summed E-state index contributed by atoms with van der Waals surface area (Å²) in [4.78, 5) is 0. The Morgan fingerprint density at radius 1 is 0.737 bits per heavy atom. The molecule has 190 valence electrons. The van der Waals surface area contributed by atoms with Gasteiger partial charge in [-0.05, 0) is 75.2 Å². The van der Waals surface area contributed by atoms with E-state index in [-0.39, 0.29) is 10.8 Å². The standard InChI is InChI=1S/C36H37N2/c1-21-25-11-9-10-12-26(25)32-27-19-24(36(5,6)7)13-14-28(27)38-29-18-22(20-35(2,3)4)17-23-15-16-37(8)33(31(23)29)30(21)34(32)38/h9-19H,20H2,1-8H3/q+1. The van der Waals surface area contributed by atoms with Crippen LogP contribution in [-0.4, -0.2) is 4.40 Å². The smallest absolute Gasteiger partial charge is 0.224 e. The van der Waals surface area contributed by atoms with E-state index in [4.69, 9.17) is 0 Å². The van der Waals surface area contributed by atoms with Crippen molar-refractivity contribution in [3.05, 3.63) is 83.6 Å². The highest BCUT2D eigenvalue weighted by atomic mass is 15.0. The topological polar surface area (TPSA) is 8.29 Å². The van der Waals surface area contributed by atoms with Crippen molar-refractivity contribution >= 4 is 59.8 Å². The van der Waals surface area contributed by atoms with E-state index in [0.29, 0.717) is 0 Å². The summed E-state index contributed by atoms with van der Waals surface area (Å²) in [6, 6.07) is 23.4. The molecule has 0 amide bonds. The number of rotatable bonds is 1. The lowest BCUT2D eigenvalue weighted by atomic mass is 9.86. The number of pyridine rings is 2. The number of fused-ring (bicyclic) bond motifs is 7. The van der Waals surface area contributed by atoms with E-state index in [1.54, 1.807) is 0 Å². The molecule has 0 aliphatic rings. The van der Waals surface area contributed by atoms with Gasteiger partial charge in [-0.2, -0.15) is 0 Å². The first-order chi connectivity index (χ1) is 17.9. The Morgan fingerprint density at radius 3 is 2.18 bits per heavy atom.